The number of nitrogens with two attached hydrogens (primary N) is 1. The molecule has 14 atom stereocenters. The van der Waals surface area contributed by atoms with Gasteiger partial charge in [0.15, 0.2) is 5.78 Å². The van der Waals surface area contributed by atoms with Crippen LogP contribution < -0.4 is 16.4 Å². The number of ketones is 2. The van der Waals surface area contributed by atoms with E-state index in [9.17, 15) is 20.4 Å². The number of ether oxygens (including phenoxy) is 1. The maximum atomic E-state index is 15.4. The minimum absolute atomic E-state index is 0.0153. The van der Waals surface area contributed by atoms with Crippen molar-refractivity contribution >= 4 is 17.3 Å². The molecule has 8 N–H and O–H groups in total. The second-order valence-electron chi connectivity index (χ2n) is 24.2. The number of aromatic hydroxyl groups is 1. The van der Waals surface area contributed by atoms with Crippen molar-refractivity contribution in [3.05, 3.63) is 70.3 Å². The lowest BCUT2D eigenvalue weighted by atomic mass is 9.33. The average Bonchev–Trinajstić information content (AvgIpc) is 3.58. The molecule has 10 heteroatoms. The number of phenolic OH excluding ortho intramolecular Hbond substituents is 1. The fourth-order valence-corrected chi connectivity index (χ4v) is 17.5. The van der Waals surface area contributed by atoms with E-state index in [0.29, 0.717) is 57.0 Å². The summed E-state index contributed by atoms with van der Waals surface area (Å²) in [6, 6.07) is 13.7. The Balaban J connectivity index is 1.10. The van der Waals surface area contributed by atoms with Gasteiger partial charge in [-0.1, -0.05) is 77.2 Å². The molecule has 6 fully saturated rings. The van der Waals surface area contributed by atoms with E-state index in [1.165, 1.54) is 17.6 Å². The van der Waals surface area contributed by atoms with Crippen LogP contribution in [0.5, 0.6) is 5.75 Å². The SMILES string of the molecule is CNCc1cc(O)cc([C@@H]2C[C@@]3(C)[C@H]4CCC5=C([C@@H](C[C@@H](O)[C@H]6O[C@]6(C)[C@@H]6CCC[C@H]6c6cccc(N)c6)C6CCCCC6)C(=O)C[C@]5(C)[C@@]4(CCO)C[C@H](NC[C@H](C)O)[C@H]3C(C)(C)C2=O)c1. The number of epoxide rings is 1. The highest BCUT2D eigenvalue weighted by Gasteiger charge is 2.73. The Morgan fingerprint density at radius 1 is 0.910 bits per heavy atom. The van der Waals surface area contributed by atoms with Crippen LogP contribution >= 0.6 is 0 Å². The molecule has 1 heterocycles. The maximum Gasteiger partial charge on any atom is 0.160 e. The molecule has 67 heavy (non-hydrogen) atoms. The van der Waals surface area contributed by atoms with Gasteiger partial charge in [0.25, 0.3) is 0 Å². The number of hydrogen-bond donors (Lipinski definition) is 7. The molecule has 2 aromatic rings. The van der Waals surface area contributed by atoms with Gasteiger partial charge >= 0.3 is 0 Å². The van der Waals surface area contributed by atoms with Crippen molar-refractivity contribution in [2.45, 2.75) is 186 Å². The van der Waals surface area contributed by atoms with Crippen LogP contribution in [0.3, 0.4) is 0 Å². The molecular weight excluding hydrogens is 839 g/mol. The fraction of sp³-hybridized carbons (Fsp3) is 0.719. The second-order valence-corrected chi connectivity index (χ2v) is 24.2. The Bertz CT molecular complexity index is 2220. The quantitative estimate of drug-likeness (QED) is 0.0675. The molecule has 0 aromatic heterocycles. The first-order chi connectivity index (χ1) is 31.8. The van der Waals surface area contributed by atoms with Crippen LogP contribution in [-0.2, 0) is 20.9 Å². The number of anilines is 1. The molecule has 2 aromatic carbocycles. The van der Waals surface area contributed by atoms with Crippen molar-refractivity contribution in [3.8, 4) is 5.75 Å². The van der Waals surface area contributed by atoms with Crippen LogP contribution in [0.4, 0.5) is 5.69 Å². The van der Waals surface area contributed by atoms with Gasteiger partial charge in [0.1, 0.15) is 17.6 Å². The van der Waals surface area contributed by atoms with E-state index in [1.54, 1.807) is 19.1 Å². The van der Waals surface area contributed by atoms with Gasteiger partial charge in [-0.25, -0.2) is 0 Å². The normalized spacial score (nSPS) is 38.6. The Kier molecular flexibility index (Phi) is 13.3. The average molecular weight is 922 g/mol. The van der Waals surface area contributed by atoms with Gasteiger partial charge in [0.05, 0.1) is 17.8 Å². The number of aliphatic hydroxyl groups excluding tert-OH is 3. The van der Waals surface area contributed by atoms with Crippen molar-refractivity contribution < 1.29 is 34.8 Å². The van der Waals surface area contributed by atoms with Gasteiger partial charge in [-0.15, -0.1) is 0 Å². The van der Waals surface area contributed by atoms with Crippen LogP contribution in [-0.4, -0.2) is 82.1 Å². The molecule has 0 spiro atoms. The van der Waals surface area contributed by atoms with E-state index in [1.807, 2.05) is 19.2 Å². The number of phenols is 1. The molecule has 1 saturated heterocycles. The molecule has 9 rings (SSSR count). The van der Waals surface area contributed by atoms with Crippen molar-refractivity contribution in [2.24, 2.45) is 51.2 Å². The molecule has 0 unspecified atom stereocenters. The summed E-state index contributed by atoms with van der Waals surface area (Å²) in [5.41, 5.74) is 9.65. The lowest BCUT2D eigenvalue weighted by Gasteiger charge is -2.71. The topological polar surface area (TPSA) is 178 Å². The van der Waals surface area contributed by atoms with Gasteiger partial charge < -0.3 is 41.5 Å². The smallest absolute Gasteiger partial charge is 0.160 e. The van der Waals surface area contributed by atoms with E-state index in [-0.39, 0.29) is 59.7 Å². The zero-order chi connectivity index (χ0) is 47.8. The standard InChI is InChI=1S/C57H83N3O7/c1-33(62)31-60-45-29-57(21-22-61)48(54(4)28-42(51(66)53(2,3)50(45)54)37-23-34(32-59-7)24-39(63)26-37)20-19-44-49(47(65)30-55(44,57)5)41(35-13-9-8-10-14-35)27-46(64)52-56(6,67-52)43-18-12-17-40(43)36-15-11-16-38(58)25-36/h11,15-16,23-26,33,35,40-43,45-46,48,50,52,59-64H,8-10,12-14,17-22,27-32,58H2,1-7H3/t33-,40-,41-,42-,43+,45-,46+,48+,50-,52+,54-,55-,56+,57-/m0/s1. The molecule has 10 nitrogen and oxygen atoms in total. The van der Waals surface area contributed by atoms with E-state index < -0.39 is 45.4 Å². The minimum atomic E-state index is -0.754. The Hall–Kier alpha value is -3.12. The third-order valence-corrected chi connectivity index (χ3v) is 20.1. The molecule has 1 aliphatic heterocycles. The van der Waals surface area contributed by atoms with Crippen molar-refractivity contribution in [2.75, 3.05) is 25.9 Å². The Morgan fingerprint density at radius 2 is 1.67 bits per heavy atom. The first kappa shape index (κ1) is 48.9. The fourth-order valence-electron chi connectivity index (χ4n) is 17.5. The predicted octanol–water partition coefficient (Wildman–Crippen LogP) is 8.89. The van der Waals surface area contributed by atoms with Crippen molar-refractivity contribution in [1.82, 2.24) is 10.6 Å². The summed E-state index contributed by atoms with van der Waals surface area (Å²) in [5.74, 6) is 0.952. The molecule has 0 bridgehead atoms. The van der Waals surface area contributed by atoms with Crippen molar-refractivity contribution in [3.63, 3.8) is 0 Å². The number of Topliss-reactive ketones (excluding diaryl/α,β-unsaturated/α-hetero) is 2. The van der Waals surface area contributed by atoms with E-state index >= 15 is 9.59 Å². The van der Waals surface area contributed by atoms with Gasteiger partial charge in [-0.05, 0) is 178 Å². The monoisotopic (exact) mass is 922 g/mol. The Labute approximate surface area is 400 Å². The number of aliphatic hydroxyl groups is 3. The summed E-state index contributed by atoms with van der Waals surface area (Å²) in [4.78, 5) is 30.5. The number of benzene rings is 2. The number of carbonyl (C=O) groups excluding carboxylic acids is 2. The van der Waals surface area contributed by atoms with Crippen LogP contribution in [0.1, 0.15) is 166 Å². The first-order valence-electron chi connectivity index (χ1n) is 26.3. The number of nitrogens with one attached hydrogen (secondary N) is 2. The number of hydrogen-bond acceptors (Lipinski definition) is 10. The summed E-state index contributed by atoms with van der Waals surface area (Å²) in [5, 5.41) is 52.6. The molecule has 7 aliphatic rings. The lowest BCUT2D eigenvalue weighted by Crippen LogP contribution is -2.70. The molecule has 6 aliphatic carbocycles. The van der Waals surface area contributed by atoms with E-state index in [0.717, 1.165) is 80.2 Å². The number of allylic oxidation sites excluding steroid dienone is 2. The number of rotatable bonds is 15. The summed E-state index contributed by atoms with van der Waals surface area (Å²) in [7, 11) is 1.88. The lowest BCUT2D eigenvalue weighted by molar-refractivity contribution is -0.203. The molecule has 368 valence electrons. The third-order valence-electron chi connectivity index (χ3n) is 20.1. The van der Waals surface area contributed by atoms with Gasteiger partial charge in [-0.3, -0.25) is 9.59 Å². The Morgan fingerprint density at radius 3 is 2.37 bits per heavy atom. The van der Waals surface area contributed by atoms with Gasteiger partial charge in [0.2, 0.25) is 0 Å². The summed E-state index contributed by atoms with van der Waals surface area (Å²) < 4.78 is 6.68. The molecular formula is C57H83N3O7. The van der Waals surface area contributed by atoms with Crippen molar-refractivity contribution in [1.29, 1.82) is 0 Å². The minimum Gasteiger partial charge on any atom is -0.508 e. The van der Waals surface area contributed by atoms with Gasteiger partial charge in [-0.2, -0.15) is 0 Å². The van der Waals surface area contributed by atoms with E-state index in [4.69, 9.17) is 10.5 Å². The first-order valence-corrected chi connectivity index (χ1v) is 26.3. The van der Waals surface area contributed by atoms with Crippen LogP contribution in [0, 0.1) is 51.2 Å². The summed E-state index contributed by atoms with van der Waals surface area (Å²) in [6.07, 6.45) is 11.5. The predicted molar refractivity (Wildman–Crippen MR) is 263 cm³/mol. The zero-order valence-corrected chi connectivity index (χ0v) is 41.7. The van der Waals surface area contributed by atoms with Crippen LogP contribution in [0.15, 0.2) is 53.6 Å². The zero-order valence-electron chi connectivity index (χ0n) is 41.7. The largest absolute Gasteiger partial charge is 0.508 e. The van der Waals surface area contributed by atoms with Crippen LogP contribution in [0.2, 0.25) is 0 Å². The third kappa shape index (κ3) is 8.17. The summed E-state index contributed by atoms with van der Waals surface area (Å²) in [6.45, 7) is 13.9. The maximum absolute atomic E-state index is 15.4. The van der Waals surface area contributed by atoms with E-state index in [2.05, 4.69) is 63.5 Å². The van der Waals surface area contributed by atoms with Gasteiger partial charge in [0, 0.05) is 54.6 Å². The number of nitrogen functional groups attached to an aromatic ring is 1. The highest BCUT2D eigenvalue weighted by atomic mass is 16.6. The highest BCUT2D eigenvalue weighted by Crippen LogP contribution is 2.76. The van der Waals surface area contributed by atoms with Crippen LogP contribution in [0.25, 0.3) is 0 Å². The number of fused-ring (bicyclic) bond motifs is 5. The highest BCUT2D eigenvalue weighted by molar-refractivity contribution is 6.01. The summed E-state index contributed by atoms with van der Waals surface area (Å²) >= 11 is 0. The number of carbonyl (C=O) groups is 2. The second kappa shape index (κ2) is 18.2. The molecule has 0 amide bonds. The molecule has 0 radical (unpaired) electrons. The molecule has 5 saturated carbocycles.